The van der Waals surface area contributed by atoms with Crippen molar-refractivity contribution < 1.29 is 27.5 Å². The molecule has 0 spiro atoms. The molecule has 0 aromatic heterocycles. The molecule has 0 aliphatic heterocycles. The van der Waals surface area contributed by atoms with E-state index in [1.807, 2.05) is 16.2 Å². The Kier molecular flexibility index (Phi) is 5.32. The van der Waals surface area contributed by atoms with Gasteiger partial charge in [0.1, 0.15) is 6.61 Å². The van der Waals surface area contributed by atoms with Crippen molar-refractivity contribution in [3.05, 3.63) is 29.8 Å². The maximum atomic E-state index is 12.7. The van der Waals surface area contributed by atoms with Crippen LogP contribution >= 0.6 is 0 Å². The van der Waals surface area contributed by atoms with Crippen molar-refractivity contribution in [2.45, 2.75) is 6.18 Å². The second kappa shape index (κ2) is 6.75. The third-order valence-electron chi connectivity index (χ3n) is 2.07. The highest BCUT2D eigenvalue weighted by Gasteiger charge is 2.33. The summed E-state index contributed by atoms with van der Waals surface area (Å²) >= 11 is 0. The van der Waals surface area contributed by atoms with Crippen LogP contribution in [0.2, 0.25) is 0 Å². The van der Waals surface area contributed by atoms with Crippen LogP contribution in [-0.4, -0.2) is 25.7 Å². The number of urea groups is 1. The number of ether oxygens (including phenoxy) is 1. The summed E-state index contributed by atoms with van der Waals surface area (Å²) in [4.78, 5) is 22.3. The van der Waals surface area contributed by atoms with E-state index in [0.717, 1.165) is 12.1 Å². The van der Waals surface area contributed by atoms with Crippen molar-refractivity contribution in [3.8, 4) is 0 Å². The Labute approximate surface area is 112 Å². The largest absolute Gasteiger partial charge is 0.418 e. The number of hydrogen-bond acceptors (Lipinski definition) is 3. The van der Waals surface area contributed by atoms with Crippen LogP contribution < -0.4 is 16.2 Å². The molecule has 3 N–H and O–H groups in total. The molecule has 0 bridgehead atoms. The fourth-order valence-corrected chi connectivity index (χ4v) is 1.29. The van der Waals surface area contributed by atoms with Gasteiger partial charge in [-0.3, -0.25) is 10.2 Å². The van der Waals surface area contributed by atoms with E-state index in [9.17, 15) is 22.8 Å². The van der Waals surface area contributed by atoms with Crippen LogP contribution in [0.5, 0.6) is 0 Å². The molecule has 110 valence electrons. The molecule has 0 saturated heterocycles. The molecule has 1 aromatic rings. The minimum atomic E-state index is -4.59. The Morgan fingerprint density at radius 3 is 2.45 bits per heavy atom. The molecule has 3 amide bonds. The molecule has 0 atom stereocenters. The van der Waals surface area contributed by atoms with Gasteiger partial charge in [-0.25, -0.2) is 10.2 Å². The summed E-state index contributed by atoms with van der Waals surface area (Å²) < 4.78 is 42.5. The van der Waals surface area contributed by atoms with Gasteiger partial charge in [0, 0.05) is 7.11 Å². The zero-order valence-corrected chi connectivity index (χ0v) is 10.4. The second-order valence-corrected chi connectivity index (χ2v) is 3.60. The molecule has 1 aromatic carbocycles. The first-order chi connectivity index (χ1) is 9.34. The molecule has 6 nitrogen and oxygen atoms in total. The van der Waals surface area contributed by atoms with E-state index in [0.29, 0.717) is 0 Å². The number of halogens is 3. The van der Waals surface area contributed by atoms with E-state index < -0.39 is 29.4 Å². The van der Waals surface area contributed by atoms with Crippen LogP contribution in [0.3, 0.4) is 0 Å². The van der Waals surface area contributed by atoms with Crippen molar-refractivity contribution in [2.75, 3.05) is 19.0 Å². The van der Waals surface area contributed by atoms with Gasteiger partial charge in [-0.05, 0) is 12.1 Å². The number of alkyl halides is 3. The molecule has 0 aliphatic carbocycles. The molecule has 0 saturated carbocycles. The maximum absolute atomic E-state index is 12.7. The molecular weight excluding hydrogens is 279 g/mol. The van der Waals surface area contributed by atoms with Gasteiger partial charge in [0.25, 0.3) is 5.91 Å². The molecule has 0 unspecified atom stereocenters. The maximum Gasteiger partial charge on any atom is 0.418 e. The normalized spacial score (nSPS) is 10.8. The van der Waals surface area contributed by atoms with Crippen LogP contribution in [0.1, 0.15) is 5.56 Å². The van der Waals surface area contributed by atoms with Gasteiger partial charge in [-0.15, -0.1) is 0 Å². The number of para-hydroxylation sites is 1. The fraction of sp³-hybridized carbons (Fsp3) is 0.273. The van der Waals surface area contributed by atoms with Crippen LogP contribution in [-0.2, 0) is 15.7 Å². The van der Waals surface area contributed by atoms with Crippen LogP contribution in [0, 0.1) is 0 Å². The summed E-state index contributed by atoms with van der Waals surface area (Å²) in [5.41, 5.74) is 2.45. The smallest absolute Gasteiger partial charge is 0.375 e. The van der Waals surface area contributed by atoms with Gasteiger partial charge in [-0.2, -0.15) is 13.2 Å². The Morgan fingerprint density at radius 2 is 1.85 bits per heavy atom. The van der Waals surface area contributed by atoms with Crippen molar-refractivity contribution >= 4 is 17.6 Å². The van der Waals surface area contributed by atoms with Gasteiger partial charge in [0.2, 0.25) is 0 Å². The average molecular weight is 291 g/mol. The number of hydrogen-bond donors (Lipinski definition) is 3. The lowest BCUT2D eigenvalue weighted by molar-refractivity contribution is -0.137. The number of anilines is 1. The Bertz CT molecular complexity index is 491. The van der Waals surface area contributed by atoms with Gasteiger partial charge < -0.3 is 10.1 Å². The summed E-state index contributed by atoms with van der Waals surface area (Å²) in [7, 11) is 1.28. The number of benzene rings is 1. The number of carbonyl (C=O) groups excluding carboxylic acids is 2. The van der Waals surface area contributed by atoms with E-state index in [1.165, 1.54) is 19.2 Å². The number of nitrogens with one attached hydrogen (secondary N) is 3. The molecule has 0 radical (unpaired) electrons. The standard InChI is InChI=1S/C11H12F3N3O3/c1-20-6-9(18)16-17-10(19)15-8-5-3-2-4-7(8)11(12,13)14/h2-5H,6H2,1H3,(H,16,18)(H2,15,17,19). The minimum absolute atomic E-state index is 0.292. The van der Waals surface area contributed by atoms with E-state index in [1.54, 1.807) is 0 Å². The average Bonchev–Trinajstić information content (AvgIpc) is 2.36. The Balaban J connectivity index is 2.65. The lowest BCUT2D eigenvalue weighted by atomic mass is 10.1. The number of rotatable bonds is 3. The van der Waals surface area contributed by atoms with Gasteiger partial charge in [0.05, 0.1) is 11.3 Å². The van der Waals surface area contributed by atoms with Gasteiger partial charge in [-0.1, -0.05) is 12.1 Å². The quantitative estimate of drug-likeness (QED) is 0.738. The fourth-order valence-electron chi connectivity index (χ4n) is 1.29. The number of methoxy groups -OCH3 is 1. The summed E-state index contributed by atoms with van der Waals surface area (Å²) in [6, 6.07) is 3.46. The molecule has 9 heteroatoms. The van der Waals surface area contributed by atoms with E-state index in [-0.39, 0.29) is 6.61 Å². The first kappa shape index (κ1) is 15.8. The van der Waals surface area contributed by atoms with Crippen LogP contribution in [0.4, 0.5) is 23.7 Å². The third-order valence-corrected chi connectivity index (χ3v) is 2.07. The SMILES string of the molecule is COCC(=O)NNC(=O)Nc1ccccc1C(F)(F)F. The molecular formula is C11H12F3N3O3. The Hall–Kier alpha value is -2.29. The molecule has 0 aliphatic rings. The zero-order chi connectivity index (χ0) is 15.2. The third kappa shape index (κ3) is 4.76. The highest BCUT2D eigenvalue weighted by atomic mass is 19.4. The van der Waals surface area contributed by atoms with E-state index >= 15 is 0 Å². The van der Waals surface area contributed by atoms with Crippen LogP contribution in [0.15, 0.2) is 24.3 Å². The van der Waals surface area contributed by atoms with Crippen molar-refractivity contribution in [1.29, 1.82) is 0 Å². The first-order valence-electron chi connectivity index (χ1n) is 5.35. The highest BCUT2D eigenvalue weighted by Crippen LogP contribution is 2.34. The number of carbonyl (C=O) groups is 2. The highest BCUT2D eigenvalue weighted by molar-refractivity contribution is 5.91. The molecule has 0 heterocycles. The summed E-state index contributed by atoms with van der Waals surface area (Å²) in [6.07, 6.45) is -4.59. The monoisotopic (exact) mass is 291 g/mol. The molecule has 1 rings (SSSR count). The second-order valence-electron chi connectivity index (χ2n) is 3.60. The summed E-state index contributed by atoms with van der Waals surface area (Å²) in [5, 5.41) is 1.99. The Morgan fingerprint density at radius 1 is 1.20 bits per heavy atom. The predicted octanol–water partition coefficient (Wildman–Crippen LogP) is 1.50. The van der Waals surface area contributed by atoms with E-state index in [4.69, 9.17) is 0 Å². The number of hydrazine groups is 1. The van der Waals surface area contributed by atoms with E-state index in [2.05, 4.69) is 4.74 Å². The zero-order valence-electron chi connectivity index (χ0n) is 10.4. The predicted molar refractivity (Wildman–Crippen MR) is 63.6 cm³/mol. The van der Waals surface area contributed by atoms with Gasteiger partial charge in [0.15, 0.2) is 0 Å². The first-order valence-corrected chi connectivity index (χ1v) is 5.35. The number of amides is 3. The van der Waals surface area contributed by atoms with Crippen molar-refractivity contribution in [1.82, 2.24) is 10.9 Å². The summed E-state index contributed by atoms with van der Waals surface area (Å²) in [5.74, 6) is -0.647. The minimum Gasteiger partial charge on any atom is -0.375 e. The lowest BCUT2D eigenvalue weighted by Crippen LogP contribution is -2.45. The topological polar surface area (TPSA) is 79.5 Å². The van der Waals surface area contributed by atoms with Crippen molar-refractivity contribution in [2.24, 2.45) is 0 Å². The lowest BCUT2D eigenvalue weighted by Gasteiger charge is -2.14. The van der Waals surface area contributed by atoms with Gasteiger partial charge >= 0.3 is 12.2 Å². The van der Waals surface area contributed by atoms with Crippen LogP contribution in [0.25, 0.3) is 0 Å². The summed E-state index contributed by atoms with van der Waals surface area (Å²) in [6.45, 7) is -0.292. The van der Waals surface area contributed by atoms with Crippen molar-refractivity contribution in [3.63, 3.8) is 0 Å². The molecule has 20 heavy (non-hydrogen) atoms. The molecule has 0 fully saturated rings.